The topological polar surface area (TPSA) is 18.5 Å². The fourth-order valence-corrected chi connectivity index (χ4v) is 2.75. The smallest absolute Gasteiger partial charge is 0.505 e. The van der Waals surface area contributed by atoms with Crippen LogP contribution in [0, 0.1) is 6.92 Å². The van der Waals surface area contributed by atoms with Gasteiger partial charge in [-0.15, -0.1) is 0 Å². The van der Waals surface area contributed by atoms with Gasteiger partial charge in [0.1, 0.15) is 0 Å². The maximum atomic E-state index is 13.8. The molecule has 2 aromatic carbocycles. The fourth-order valence-electron chi connectivity index (χ4n) is 2.75. The Hall–Kier alpha value is -1.72. The van der Waals surface area contributed by atoms with Crippen molar-refractivity contribution in [1.82, 2.24) is 0 Å². The molecule has 0 amide bonds. The molecule has 21 heavy (non-hydrogen) atoms. The first-order valence-electron chi connectivity index (χ1n) is 7.01. The third-order valence-electron chi connectivity index (χ3n) is 3.78. The van der Waals surface area contributed by atoms with Crippen LogP contribution in [0.15, 0.2) is 54.6 Å². The molecule has 2 atom stereocenters. The van der Waals surface area contributed by atoms with Crippen LogP contribution in [0.25, 0.3) is 0 Å². The molecule has 0 radical (unpaired) electrons. The quantitative estimate of drug-likeness (QED) is 0.753. The summed E-state index contributed by atoms with van der Waals surface area (Å²) >= 11 is 0. The van der Waals surface area contributed by atoms with Crippen LogP contribution in [0.4, 0.5) is 8.63 Å². The van der Waals surface area contributed by atoms with Gasteiger partial charge < -0.3 is 17.9 Å². The van der Waals surface area contributed by atoms with Crippen LogP contribution >= 0.6 is 0 Å². The van der Waals surface area contributed by atoms with Crippen molar-refractivity contribution in [3.05, 3.63) is 71.3 Å². The molecule has 0 aliphatic carbocycles. The van der Waals surface area contributed by atoms with Crippen molar-refractivity contribution < 1.29 is 17.9 Å². The Labute approximate surface area is 122 Å². The molecule has 1 fully saturated rings. The lowest BCUT2D eigenvalue weighted by atomic mass is 9.91. The van der Waals surface area contributed by atoms with E-state index in [0.29, 0.717) is 6.42 Å². The van der Waals surface area contributed by atoms with Gasteiger partial charge in [-0.2, -0.15) is 0 Å². The van der Waals surface area contributed by atoms with Crippen LogP contribution in [-0.2, 0) is 9.31 Å². The van der Waals surface area contributed by atoms with Crippen molar-refractivity contribution in [1.29, 1.82) is 0 Å². The average molecular weight is 289 g/mol. The third-order valence-corrected chi connectivity index (χ3v) is 3.78. The van der Waals surface area contributed by atoms with Gasteiger partial charge in [0.25, 0.3) is 0 Å². The molecule has 5 heteroatoms. The highest BCUT2D eigenvalue weighted by molar-refractivity contribution is 6.52. The minimum atomic E-state index is -4.27. The summed E-state index contributed by atoms with van der Waals surface area (Å²) in [6, 6.07) is 16.6. The zero-order valence-corrected chi connectivity index (χ0v) is 11.7. The predicted octanol–water partition coefficient (Wildman–Crippen LogP) is 4.59. The molecular weight excluding hydrogens is 273 g/mol. The molecule has 0 bridgehead atoms. The van der Waals surface area contributed by atoms with E-state index in [1.807, 2.05) is 49.4 Å². The van der Waals surface area contributed by atoms with Gasteiger partial charge in [-0.25, -0.2) is 0 Å². The molecular formula is C16H16BF2O2-. The largest absolute Gasteiger partial charge is 0.602 e. The van der Waals surface area contributed by atoms with Crippen molar-refractivity contribution in [2.45, 2.75) is 25.6 Å². The Bertz CT molecular complexity index is 619. The van der Waals surface area contributed by atoms with Crippen molar-refractivity contribution in [3.8, 4) is 0 Å². The molecule has 0 spiro atoms. The van der Waals surface area contributed by atoms with Gasteiger partial charge in [-0.1, -0.05) is 54.6 Å². The summed E-state index contributed by atoms with van der Waals surface area (Å²) < 4.78 is 37.4. The minimum absolute atomic E-state index is 0.381. The van der Waals surface area contributed by atoms with Crippen LogP contribution in [-0.4, -0.2) is 7.11 Å². The second-order valence-corrected chi connectivity index (χ2v) is 5.29. The number of hydrogen-bond donors (Lipinski definition) is 0. The van der Waals surface area contributed by atoms with E-state index in [0.717, 1.165) is 16.7 Å². The Morgan fingerprint density at radius 2 is 1.52 bits per heavy atom. The van der Waals surface area contributed by atoms with E-state index in [-0.39, 0.29) is 0 Å². The SMILES string of the molecule is Cc1ccccc1C1CC(c2ccccc2)O[B-](F)(F)O1. The molecule has 3 rings (SSSR count). The zero-order valence-electron chi connectivity index (χ0n) is 11.7. The molecule has 110 valence electrons. The molecule has 1 saturated heterocycles. The number of aryl methyl sites for hydroxylation is 1. The Balaban J connectivity index is 1.91. The molecule has 1 aliphatic heterocycles. The first-order valence-corrected chi connectivity index (χ1v) is 7.01. The van der Waals surface area contributed by atoms with Gasteiger partial charge in [0.05, 0.1) is 0 Å². The summed E-state index contributed by atoms with van der Waals surface area (Å²) in [5, 5.41) is 0. The lowest BCUT2D eigenvalue weighted by Gasteiger charge is -2.43. The highest BCUT2D eigenvalue weighted by atomic mass is 19.3. The summed E-state index contributed by atoms with van der Waals surface area (Å²) in [5.41, 5.74) is 2.49. The summed E-state index contributed by atoms with van der Waals surface area (Å²) in [6.07, 6.45) is -0.925. The lowest BCUT2D eigenvalue weighted by Crippen LogP contribution is -2.40. The van der Waals surface area contributed by atoms with Gasteiger partial charge in [0.2, 0.25) is 0 Å². The van der Waals surface area contributed by atoms with Crippen LogP contribution in [0.1, 0.15) is 35.3 Å². The molecule has 1 aliphatic rings. The number of benzene rings is 2. The highest BCUT2D eigenvalue weighted by Crippen LogP contribution is 2.42. The molecule has 0 N–H and O–H groups in total. The Morgan fingerprint density at radius 1 is 0.905 bits per heavy atom. The first kappa shape index (κ1) is 14.2. The Morgan fingerprint density at radius 3 is 2.24 bits per heavy atom. The molecule has 2 nitrogen and oxygen atoms in total. The van der Waals surface area contributed by atoms with Crippen molar-refractivity contribution in [2.75, 3.05) is 0 Å². The summed E-state index contributed by atoms with van der Waals surface area (Å²) in [5.74, 6) is 0. The first-order chi connectivity index (χ1) is 10.1. The summed E-state index contributed by atoms with van der Waals surface area (Å²) in [6.45, 7) is 1.90. The van der Waals surface area contributed by atoms with E-state index in [1.165, 1.54) is 0 Å². The standard InChI is InChI=1S/C16H16BF2O2/c1-12-7-5-6-10-14(12)16-11-15(20-17(18,19)21-16)13-8-3-2-4-9-13/h2-10,15-16H,11H2,1H3/q-1. The van der Waals surface area contributed by atoms with Crippen LogP contribution < -0.4 is 0 Å². The second kappa shape index (κ2) is 5.58. The van der Waals surface area contributed by atoms with Gasteiger partial charge >= 0.3 is 7.11 Å². The van der Waals surface area contributed by atoms with Crippen molar-refractivity contribution >= 4 is 7.11 Å². The second-order valence-electron chi connectivity index (χ2n) is 5.29. The van der Waals surface area contributed by atoms with Gasteiger partial charge in [0, 0.05) is 18.6 Å². The number of rotatable bonds is 2. The van der Waals surface area contributed by atoms with E-state index in [9.17, 15) is 8.63 Å². The van der Waals surface area contributed by atoms with Crippen molar-refractivity contribution in [3.63, 3.8) is 0 Å². The third kappa shape index (κ3) is 3.14. The molecule has 2 aromatic rings. The van der Waals surface area contributed by atoms with E-state index >= 15 is 0 Å². The maximum Gasteiger partial charge on any atom is 0.602 e. The van der Waals surface area contributed by atoms with Crippen LogP contribution in [0.3, 0.4) is 0 Å². The van der Waals surface area contributed by atoms with E-state index in [4.69, 9.17) is 9.31 Å². The van der Waals surface area contributed by atoms with Crippen molar-refractivity contribution in [2.24, 2.45) is 0 Å². The molecule has 0 aromatic heterocycles. The lowest BCUT2D eigenvalue weighted by molar-refractivity contribution is -0.0532. The normalized spacial score (nSPS) is 24.7. The van der Waals surface area contributed by atoms with Gasteiger partial charge in [-0.05, 0) is 23.6 Å². The highest BCUT2D eigenvalue weighted by Gasteiger charge is 2.41. The average Bonchev–Trinajstić information content (AvgIpc) is 2.47. The summed E-state index contributed by atoms with van der Waals surface area (Å²) in [7, 11) is -4.27. The minimum Gasteiger partial charge on any atom is -0.505 e. The van der Waals surface area contributed by atoms with Crippen LogP contribution in [0.2, 0.25) is 0 Å². The van der Waals surface area contributed by atoms with E-state index in [2.05, 4.69) is 0 Å². The van der Waals surface area contributed by atoms with Gasteiger partial charge in [0.15, 0.2) is 0 Å². The maximum absolute atomic E-state index is 13.8. The van der Waals surface area contributed by atoms with E-state index < -0.39 is 19.3 Å². The van der Waals surface area contributed by atoms with Crippen LogP contribution in [0.5, 0.6) is 0 Å². The summed E-state index contributed by atoms with van der Waals surface area (Å²) in [4.78, 5) is 0. The Kier molecular flexibility index (Phi) is 3.78. The monoisotopic (exact) mass is 289 g/mol. The molecule has 2 unspecified atom stereocenters. The number of hydrogen-bond acceptors (Lipinski definition) is 2. The van der Waals surface area contributed by atoms with E-state index in [1.54, 1.807) is 12.1 Å². The zero-order chi connectivity index (χ0) is 14.9. The molecule has 1 heterocycles. The van der Waals surface area contributed by atoms with Gasteiger partial charge in [-0.3, -0.25) is 0 Å². The fraction of sp³-hybridized carbons (Fsp3) is 0.250. The number of halogens is 2. The predicted molar refractivity (Wildman–Crippen MR) is 77.9 cm³/mol. The molecule has 0 saturated carbocycles.